The second-order valence-corrected chi connectivity index (χ2v) is 8.77. The van der Waals surface area contributed by atoms with Crippen LogP contribution in [0.2, 0.25) is 0 Å². The van der Waals surface area contributed by atoms with Crippen molar-refractivity contribution >= 4 is 21.8 Å². The fourth-order valence-electron chi connectivity index (χ4n) is 4.83. The highest BCUT2D eigenvalue weighted by molar-refractivity contribution is 6.08. The number of nitrogens with zero attached hydrogens (tertiary/aromatic N) is 6. The van der Waals surface area contributed by atoms with Crippen LogP contribution < -0.4 is 0 Å². The molecule has 0 fully saturated rings. The number of benzene rings is 1. The second-order valence-electron chi connectivity index (χ2n) is 8.77. The Morgan fingerprint density at radius 3 is 1.43 bits per heavy atom. The Hall–Kier alpha value is -5.23. The Kier molecular flexibility index (Phi) is 5.00. The average Bonchev–Trinajstić information content (AvgIpc) is 3.32. The normalized spacial score (nSPS) is 11.2. The molecule has 0 unspecified atom stereocenters. The first-order valence-corrected chi connectivity index (χ1v) is 12.0. The smallest absolute Gasteiger partial charge is 0.0716 e. The molecular weight excluding hydrogens is 456 g/mol. The Balaban J connectivity index is 1.37. The van der Waals surface area contributed by atoms with Crippen molar-refractivity contribution in [1.82, 2.24) is 29.5 Å². The molecule has 0 spiro atoms. The quantitative estimate of drug-likeness (QED) is 0.281. The highest BCUT2D eigenvalue weighted by Gasteiger charge is 2.13. The lowest BCUT2D eigenvalue weighted by molar-refractivity contribution is 1.17. The minimum atomic E-state index is 0.901. The van der Waals surface area contributed by atoms with Crippen LogP contribution in [0.15, 0.2) is 122 Å². The number of fused-ring (bicyclic) bond motifs is 3. The van der Waals surface area contributed by atoms with Crippen molar-refractivity contribution in [2.24, 2.45) is 0 Å². The van der Waals surface area contributed by atoms with Crippen LogP contribution >= 0.6 is 0 Å². The number of rotatable bonds is 4. The Morgan fingerprint density at radius 2 is 0.919 bits per heavy atom. The van der Waals surface area contributed by atoms with Crippen molar-refractivity contribution in [3.63, 3.8) is 0 Å². The maximum Gasteiger partial charge on any atom is 0.0716 e. The van der Waals surface area contributed by atoms with Crippen molar-refractivity contribution in [3.05, 3.63) is 122 Å². The van der Waals surface area contributed by atoms with Gasteiger partial charge < -0.3 is 4.57 Å². The van der Waals surface area contributed by atoms with Gasteiger partial charge in [-0.1, -0.05) is 12.1 Å². The van der Waals surface area contributed by atoms with E-state index in [2.05, 4.69) is 60.9 Å². The maximum atomic E-state index is 4.95. The van der Waals surface area contributed by atoms with Crippen LogP contribution in [0, 0.1) is 0 Å². The standard InChI is InChI=1S/C31H20N6/c1-3-25(37-30-9-15-34-19-26(30)27-20-35-16-10-31(27)37)4-2-21(1)24-17-28(22-5-11-32-12-6-22)36-29(18-24)23-7-13-33-14-8-23/h1-20H. The van der Waals surface area contributed by atoms with Crippen molar-refractivity contribution < 1.29 is 0 Å². The number of hydrogen-bond acceptors (Lipinski definition) is 5. The zero-order chi connectivity index (χ0) is 24.6. The Labute approximate surface area is 213 Å². The molecule has 7 aromatic rings. The first-order chi connectivity index (χ1) is 18.3. The molecule has 0 aliphatic heterocycles. The predicted molar refractivity (Wildman–Crippen MR) is 146 cm³/mol. The lowest BCUT2D eigenvalue weighted by Crippen LogP contribution is -1.95. The third kappa shape index (κ3) is 3.72. The molecule has 0 saturated carbocycles. The summed E-state index contributed by atoms with van der Waals surface area (Å²) in [6, 6.07) is 24.9. The van der Waals surface area contributed by atoms with E-state index in [0.717, 1.165) is 61.1 Å². The summed E-state index contributed by atoms with van der Waals surface area (Å²) in [6.45, 7) is 0. The molecule has 7 rings (SSSR count). The molecule has 174 valence electrons. The van der Waals surface area contributed by atoms with E-state index < -0.39 is 0 Å². The largest absolute Gasteiger partial charge is 0.309 e. The van der Waals surface area contributed by atoms with E-state index in [0.29, 0.717) is 0 Å². The summed E-state index contributed by atoms with van der Waals surface area (Å²) in [6.07, 6.45) is 14.6. The highest BCUT2D eigenvalue weighted by atomic mass is 15.0. The number of hydrogen-bond donors (Lipinski definition) is 0. The third-order valence-corrected chi connectivity index (χ3v) is 6.60. The van der Waals surface area contributed by atoms with Gasteiger partial charge in [-0.2, -0.15) is 0 Å². The van der Waals surface area contributed by atoms with E-state index in [1.165, 1.54) is 0 Å². The van der Waals surface area contributed by atoms with Crippen LogP contribution in [0.25, 0.3) is 61.1 Å². The molecule has 6 nitrogen and oxygen atoms in total. The maximum absolute atomic E-state index is 4.95. The highest BCUT2D eigenvalue weighted by Crippen LogP contribution is 2.33. The molecule has 0 atom stereocenters. The molecule has 0 radical (unpaired) electrons. The van der Waals surface area contributed by atoms with Gasteiger partial charge in [0.25, 0.3) is 0 Å². The number of aromatic nitrogens is 6. The van der Waals surface area contributed by atoms with E-state index in [1.54, 1.807) is 24.8 Å². The summed E-state index contributed by atoms with van der Waals surface area (Å²) in [5, 5.41) is 2.18. The molecule has 0 aliphatic carbocycles. The Morgan fingerprint density at radius 1 is 0.432 bits per heavy atom. The molecule has 0 N–H and O–H groups in total. The van der Waals surface area contributed by atoms with Gasteiger partial charge in [0.05, 0.1) is 22.4 Å². The van der Waals surface area contributed by atoms with Crippen LogP contribution in [0.5, 0.6) is 0 Å². The van der Waals surface area contributed by atoms with Gasteiger partial charge in [-0.25, -0.2) is 4.98 Å². The van der Waals surface area contributed by atoms with Crippen LogP contribution in [-0.2, 0) is 0 Å². The van der Waals surface area contributed by atoms with Crippen LogP contribution in [-0.4, -0.2) is 29.5 Å². The monoisotopic (exact) mass is 476 g/mol. The SMILES string of the molecule is c1cc(-c2cc(-c3ccc(-n4c5ccncc5c5cnccc54)cc3)cc(-c3ccncc3)n2)ccn1. The van der Waals surface area contributed by atoms with Crippen LogP contribution in [0.4, 0.5) is 0 Å². The van der Waals surface area contributed by atoms with E-state index in [1.807, 2.05) is 61.2 Å². The minimum Gasteiger partial charge on any atom is -0.309 e. The fraction of sp³-hybridized carbons (Fsp3) is 0. The Bertz CT molecular complexity index is 1750. The van der Waals surface area contributed by atoms with Crippen molar-refractivity contribution in [2.75, 3.05) is 0 Å². The molecule has 1 aromatic carbocycles. The zero-order valence-corrected chi connectivity index (χ0v) is 19.7. The molecule has 0 bridgehead atoms. The molecule has 37 heavy (non-hydrogen) atoms. The van der Waals surface area contributed by atoms with Crippen molar-refractivity contribution in [2.45, 2.75) is 0 Å². The van der Waals surface area contributed by atoms with Crippen molar-refractivity contribution in [1.29, 1.82) is 0 Å². The topological polar surface area (TPSA) is 69.4 Å². The number of pyridine rings is 5. The van der Waals surface area contributed by atoms with E-state index in [4.69, 9.17) is 4.98 Å². The van der Waals surface area contributed by atoms with E-state index >= 15 is 0 Å². The minimum absolute atomic E-state index is 0.901. The summed E-state index contributed by atoms with van der Waals surface area (Å²) in [5.41, 5.74) is 9.35. The molecule has 0 aliphatic rings. The van der Waals surface area contributed by atoms with Gasteiger partial charge in [0.15, 0.2) is 0 Å². The average molecular weight is 477 g/mol. The first-order valence-electron chi connectivity index (χ1n) is 12.0. The first kappa shape index (κ1) is 21.1. The van der Waals surface area contributed by atoms with E-state index in [9.17, 15) is 0 Å². The third-order valence-electron chi connectivity index (χ3n) is 6.60. The summed E-state index contributed by atoms with van der Waals surface area (Å²) in [7, 11) is 0. The lowest BCUT2D eigenvalue weighted by atomic mass is 10.0. The van der Waals surface area contributed by atoms with Gasteiger partial charge in [0.1, 0.15) is 0 Å². The molecule has 6 aromatic heterocycles. The zero-order valence-electron chi connectivity index (χ0n) is 19.7. The van der Waals surface area contributed by atoms with Gasteiger partial charge >= 0.3 is 0 Å². The summed E-state index contributed by atoms with van der Waals surface area (Å²) < 4.78 is 2.26. The summed E-state index contributed by atoms with van der Waals surface area (Å²) >= 11 is 0. The molecule has 0 amide bonds. The van der Waals surface area contributed by atoms with Gasteiger partial charge in [-0.05, 0) is 71.8 Å². The van der Waals surface area contributed by atoms with Crippen molar-refractivity contribution in [3.8, 4) is 39.3 Å². The summed E-state index contributed by atoms with van der Waals surface area (Å²) in [5.74, 6) is 0. The lowest BCUT2D eigenvalue weighted by Gasteiger charge is -2.12. The fourth-order valence-corrected chi connectivity index (χ4v) is 4.83. The van der Waals surface area contributed by atoms with Crippen LogP contribution in [0.1, 0.15) is 0 Å². The molecular formula is C31H20N6. The van der Waals surface area contributed by atoms with Crippen LogP contribution in [0.3, 0.4) is 0 Å². The van der Waals surface area contributed by atoms with E-state index in [-0.39, 0.29) is 0 Å². The predicted octanol–water partition coefficient (Wildman–Crippen LogP) is 6.76. The molecule has 0 saturated heterocycles. The molecule has 6 heteroatoms. The summed E-state index contributed by atoms with van der Waals surface area (Å²) in [4.78, 5) is 22.0. The molecule has 6 heterocycles. The van der Waals surface area contributed by atoms with Gasteiger partial charge in [-0.3, -0.25) is 19.9 Å². The van der Waals surface area contributed by atoms with Gasteiger partial charge in [0, 0.05) is 77.2 Å². The second kappa shape index (κ2) is 8.77. The van der Waals surface area contributed by atoms with Gasteiger partial charge in [0.2, 0.25) is 0 Å². The van der Waals surface area contributed by atoms with Gasteiger partial charge in [-0.15, -0.1) is 0 Å².